The van der Waals surface area contributed by atoms with Crippen molar-refractivity contribution in [2.75, 3.05) is 0 Å². The third-order valence-corrected chi connectivity index (χ3v) is 11.9. The van der Waals surface area contributed by atoms with Gasteiger partial charge in [0.15, 0.2) is 5.82 Å². The minimum Gasteiger partial charge on any atom is -0.456 e. The van der Waals surface area contributed by atoms with Crippen LogP contribution in [0, 0.1) is 0 Å². The molecule has 0 spiro atoms. The molecule has 0 aliphatic rings. The van der Waals surface area contributed by atoms with Crippen LogP contribution in [-0.4, -0.2) is 9.97 Å². The Kier molecular flexibility index (Phi) is 8.46. The van der Waals surface area contributed by atoms with E-state index in [1.807, 2.05) is 42.5 Å². The summed E-state index contributed by atoms with van der Waals surface area (Å²) in [5.41, 5.74) is 17.1. The largest absolute Gasteiger partial charge is 0.456 e. The quantitative estimate of drug-likeness (QED) is 0.161. The molecule has 0 N–H and O–H groups in total. The summed E-state index contributed by atoms with van der Waals surface area (Å²) in [6.45, 7) is 0. The van der Waals surface area contributed by atoms with Crippen molar-refractivity contribution in [3.8, 4) is 78.4 Å². The standard InChI is InChI=1S/C58H36N2O2/c1-3-13-37(14-4-1)39-17-11-18-40(29-39)41-19-12-20-44(30-41)52-36-53(60-58(59-52)38-15-5-2-6-16-38)47-32-45(42-25-27-56-50(34-42)48-21-7-9-23-54(48)61-56)31-46(33-47)43-26-28-57-51(35-43)49-22-8-10-24-55(49)62-57/h1-36H. The Morgan fingerprint density at radius 1 is 0.226 bits per heavy atom. The molecule has 0 amide bonds. The minimum absolute atomic E-state index is 0.666. The van der Waals surface area contributed by atoms with E-state index in [9.17, 15) is 0 Å². The fraction of sp³-hybridized carbons (Fsp3) is 0. The van der Waals surface area contributed by atoms with Crippen molar-refractivity contribution < 1.29 is 8.83 Å². The van der Waals surface area contributed by atoms with Crippen molar-refractivity contribution in [1.29, 1.82) is 0 Å². The van der Waals surface area contributed by atoms with Gasteiger partial charge in [-0.05, 0) is 117 Å². The van der Waals surface area contributed by atoms with Crippen LogP contribution in [0.1, 0.15) is 0 Å². The maximum absolute atomic E-state index is 6.24. The Morgan fingerprint density at radius 2 is 0.613 bits per heavy atom. The van der Waals surface area contributed by atoms with E-state index >= 15 is 0 Å². The van der Waals surface area contributed by atoms with Gasteiger partial charge in [-0.2, -0.15) is 0 Å². The first-order valence-corrected chi connectivity index (χ1v) is 20.9. The van der Waals surface area contributed by atoms with Gasteiger partial charge >= 0.3 is 0 Å². The second-order valence-electron chi connectivity index (χ2n) is 15.8. The summed E-state index contributed by atoms with van der Waals surface area (Å²) in [5, 5.41) is 4.36. The monoisotopic (exact) mass is 792 g/mol. The molecule has 12 rings (SSSR count). The van der Waals surface area contributed by atoms with E-state index in [0.717, 1.165) is 105 Å². The highest BCUT2D eigenvalue weighted by Crippen LogP contribution is 2.40. The second-order valence-corrected chi connectivity index (χ2v) is 15.8. The van der Waals surface area contributed by atoms with Crippen LogP contribution >= 0.6 is 0 Å². The third kappa shape index (κ3) is 6.42. The van der Waals surface area contributed by atoms with Crippen LogP contribution in [0.5, 0.6) is 0 Å². The number of para-hydroxylation sites is 2. The number of benzene rings is 9. The predicted octanol–water partition coefficient (Wildman–Crippen LogP) is 15.9. The minimum atomic E-state index is 0.666. The number of hydrogen-bond donors (Lipinski definition) is 0. The van der Waals surface area contributed by atoms with Gasteiger partial charge < -0.3 is 8.83 Å². The first-order valence-electron chi connectivity index (χ1n) is 20.9. The first kappa shape index (κ1) is 35.6. The van der Waals surface area contributed by atoms with Crippen LogP contribution in [0.3, 0.4) is 0 Å². The molecule has 4 nitrogen and oxygen atoms in total. The van der Waals surface area contributed by atoms with Gasteiger partial charge in [0, 0.05) is 38.2 Å². The zero-order valence-corrected chi connectivity index (χ0v) is 33.5. The number of nitrogens with zero attached hydrogens (tertiary/aromatic N) is 2. The molecule has 3 aromatic heterocycles. The molecular weight excluding hydrogens is 757 g/mol. The summed E-state index contributed by atoms with van der Waals surface area (Å²) >= 11 is 0. The Hall–Kier alpha value is -8.34. The van der Waals surface area contributed by atoms with Gasteiger partial charge in [-0.25, -0.2) is 9.97 Å². The maximum Gasteiger partial charge on any atom is 0.160 e. The highest BCUT2D eigenvalue weighted by Gasteiger charge is 2.17. The molecule has 0 aliphatic heterocycles. The van der Waals surface area contributed by atoms with Gasteiger partial charge in [0.25, 0.3) is 0 Å². The van der Waals surface area contributed by atoms with Gasteiger partial charge in [-0.15, -0.1) is 0 Å². The highest BCUT2D eigenvalue weighted by molar-refractivity contribution is 6.07. The molecule has 0 radical (unpaired) electrons. The van der Waals surface area contributed by atoms with E-state index in [1.54, 1.807) is 0 Å². The molecule has 0 fully saturated rings. The van der Waals surface area contributed by atoms with Gasteiger partial charge in [0.1, 0.15) is 22.3 Å². The maximum atomic E-state index is 6.24. The zero-order valence-electron chi connectivity index (χ0n) is 33.5. The number of rotatable bonds is 7. The Bertz CT molecular complexity index is 3510. The molecule has 0 aliphatic carbocycles. The molecule has 3 heterocycles. The van der Waals surface area contributed by atoms with Crippen LogP contribution in [-0.2, 0) is 0 Å². The van der Waals surface area contributed by atoms with E-state index in [0.29, 0.717) is 5.82 Å². The molecule has 4 heteroatoms. The lowest BCUT2D eigenvalue weighted by molar-refractivity contribution is 0.668. The summed E-state index contributed by atoms with van der Waals surface area (Å²) < 4.78 is 12.5. The number of furan rings is 2. The Labute approximate surface area is 358 Å². The molecule has 0 saturated carbocycles. The summed E-state index contributed by atoms with van der Waals surface area (Å²) in [5.74, 6) is 0.666. The summed E-state index contributed by atoms with van der Waals surface area (Å²) in [6.07, 6.45) is 0. The average Bonchev–Trinajstić information content (AvgIpc) is 3.92. The highest BCUT2D eigenvalue weighted by atomic mass is 16.3. The van der Waals surface area contributed by atoms with Gasteiger partial charge in [0.05, 0.1) is 11.4 Å². The smallest absolute Gasteiger partial charge is 0.160 e. The average molecular weight is 793 g/mol. The van der Waals surface area contributed by atoms with Crippen molar-refractivity contribution in [1.82, 2.24) is 9.97 Å². The van der Waals surface area contributed by atoms with Crippen molar-refractivity contribution in [3.05, 3.63) is 218 Å². The molecule has 9 aromatic carbocycles. The molecule has 0 saturated heterocycles. The van der Waals surface area contributed by atoms with Crippen LogP contribution in [0.25, 0.3) is 122 Å². The zero-order chi connectivity index (χ0) is 41.0. The summed E-state index contributed by atoms with van der Waals surface area (Å²) in [6, 6.07) is 76.5. The van der Waals surface area contributed by atoms with Crippen molar-refractivity contribution in [3.63, 3.8) is 0 Å². The third-order valence-electron chi connectivity index (χ3n) is 11.9. The van der Waals surface area contributed by atoms with Crippen LogP contribution in [0.4, 0.5) is 0 Å². The molecule has 0 unspecified atom stereocenters. The molecule has 290 valence electrons. The molecule has 0 atom stereocenters. The van der Waals surface area contributed by atoms with E-state index in [1.165, 1.54) is 11.1 Å². The van der Waals surface area contributed by atoms with Crippen LogP contribution in [0.15, 0.2) is 227 Å². The van der Waals surface area contributed by atoms with Crippen molar-refractivity contribution in [2.45, 2.75) is 0 Å². The van der Waals surface area contributed by atoms with Gasteiger partial charge in [-0.3, -0.25) is 0 Å². The number of hydrogen-bond acceptors (Lipinski definition) is 4. The Morgan fingerprint density at radius 3 is 1.19 bits per heavy atom. The summed E-state index contributed by atoms with van der Waals surface area (Å²) in [7, 11) is 0. The van der Waals surface area contributed by atoms with Gasteiger partial charge in [0.2, 0.25) is 0 Å². The normalized spacial score (nSPS) is 11.5. The fourth-order valence-corrected chi connectivity index (χ4v) is 8.75. The summed E-state index contributed by atoms with van der Waals surface area (Å²) in [4.78, 5) is 10.6. The lowest BCUT2D eigenvalue weighted by atomic mass is 9.93. The van der Waals surface area contributed by atoms with Gasteiger partial charge in [-0.1, -0.05) is 146 Å². The molecule has 12 aromatic rings. The van der Waals surface area contributed by atoms with E-state index < -0.39 is 0 Å². The van der Waals surface area contributed by atoms with E-state index in [2.05, 4.69) is 176 Å². The number of aromatic nitrogens is 2. The fourth-order valence-electron chi connectivity index (χ4n) is 8.75. The van der Waals surface area contributed by atoms with E-state index in [4.69, 9.17) is 18.8 Å². The molecular formula is C58H36N2O2. The topological polar surface area (TPSA) is 52.1 Å². The predicted molar refractivity (Wildman–Crippen MR) is 255 cm³/mol. The lowest BCUT2D eigenvalue weighted by Crippen LogP contribution is -1.97. The van der Waals surface area contributed by atoms with Crippen molar-refractivity contribution in [2.24, 2.45) is 0 Å². The Balaban J connectivity index is 1.04. The number of fused-ring (bicyclic) bond motifs is 6. The first-order chi connectivity index (χ1) is 30.7. The van der Waals surface area contributed by atoms with Crippen LogP contribution < -0.4 is 0 Å². The lowest BCUT2D eigenvalue weighted by Gasteiger charge is -2.14. The second kappa shape index (κ2) is 14.7. The molecule has 0 bridgehead atoms. The van der Waals surface area contributed by atoms with Crippen LogP contribution in [0.2, 0.25) is 0 Å². The molecule has 62 heavy (non-hydrogen) atoms. The van der Waals surface area contributed by atoms with Crippen molar-refractivity contribution >= 4 is 43.9 Å². The van der Waals surface area contributed by atoms with E-state index in [-0.39, 0.29) is 0 Å². The SMILES string of the molecule is c1ccc(-c2cccc(-c3cccc(-c4cc(-c5cc(-c6ccc7oc8ccccc8c7c6)cc(-c6ccc7oc8ccccc8c7c6)c5)nc(-c5ccccc5)n4)c3)c2)cc1.